The number of ether oxygens (including phenoxy) is 2. The van der Waals surface area contributed by atoms with Crippen molar-refractivity contribution in [3.8, 4) is 11.5 Å². The van der Waals surface area contributed by atoms with E-state index in [4.69, 9.17) is 9.47 Å². The lowest BCUT2D eigenvalue weighted by atomic mass is 10.2. The maximum absolute atomic E-state index is 12.0. The molecule has 0 radical (unpaired) electrons. The van der Waals surface area contributed by atoms with Crippen LogP contribution in [0, 0.1) is 0 Å². The van der Waals surface area contributed by atoms with Crippen molar-refractivity contribution in [3.05, 3.63) is 59.7 Å². The lowest BCUT2D eigenvalue weighted by Gasteiger charge is -2.10. The second-order valence-electron chi connectivity index (χ2n) is 5.25. The van der Waals surface area contributed by atoms with Gasteiger partial charge in [-0.3, -0.25) is 20.4 Å². The number of hydrazine groups is 1. The Bertz CT molecular complexity index is 714. The lowest BCUT2D eigenvalue weighted by Crippen LogP contribution is -2.43. The van der Waals surface area contributed by atoms with Crippen LogP contribution in [0.1, 0.15) is 29.8 Å². The first-order chi connectivity index (χ1) is 12.1. The van der Waals surface area contributed by atoms with Gasteiger partial charge >= 0.3 is 0 Å². The topological polar surface area (TPSA) is 76.7 Å². The zero-order valence-electron chi connectivity index (χ0n) is 14.4. The monoisotopic (exact) mass is 342 g/mol. The summed E-state index contributed by atoms with van der Waals surface area (Å²) in [5.74, 6) is 0.448. The molecule has 6 heteroatoms. The largest absolute Gasteiger partial charge is 0.494 e. The molecule has 0 spiro atoms. The molecule has 0 aliphatic rings. The number of carbonyl (C=O) groups excluding carboxylic acids is 2. The molecule has 0 fully saturated rings. The molecular weight excluding hydrogens is 320 g/mol. The van der Waals surface area contributed by atoms with Crippen molar-refractivity contribution < 1.29 is 19.1 Å². The van der Waals surface area contributed by atoms with Crippen molar-refractivity contribution in [3.63, 3.8) is 0 Å². The molecule has 2 amide bonds. The first kappa shape index (κ1) is 18.3. The quantitative estimate of drug-likeness (QED) is 0.758. The van der Waals surface area contributed by atoms with Crippen LogP contribution in [0.3, 0.4) is 0 Å². The van der Waals surface area contributed by atoms with Crippen LogP contribution < -0.4 is 20.3 Å². The Hall–Kier alpha value is -3.02. The van der Waals surface area contributed by atoms with E-state index >= 15 is 0 Å². The van der Waals surface area contributed by atoms with Gasteiger partial charge in [0.25, 0.3) is 11.8 Å². The zero-order chi connectivity index (χ0) is 18.1. The summed E-state index contributed by atoms with van der Waals surface area (Å²) < 4.78 is 10.7. The van der Waals surface area contributed by atoms with Crippen LogP contribution in [0.25, 0.3) is 0 Å². The molecule has 0 saturated carbocycles. The number of carbonyl (C=O) groups is 2. The first-order valence-electron chi connectivity index (χ1n) is 8.16. The average molecular weight is 342 g/mol. The number of benzene rings is 2. The van der Waals surface area contributed by atoms with Gasteiger partial charge in [0.05, 0.1) is 6.61 Å². The molecule has 2 rings (SSSR count). The first-order valence-corrected chi connectivity index (χ1v) is 8.16. The molecule has 0 saturated heterocycles. The molecule has 0 unspecified atom stereocenters. The molecule has 2 aromatic carbocycles. The molecule has 132 valence electrons. The third kappa shape index (κ3) is 5.84. The van der Waals surface area contributed by atoms with Crippen LogP contribution in [-0.2, 0) is 11.2 Å². The summed E-state index contributed by atoms with van der Waals surface area (Å²) >= 11 is 0. The third-order valence-corrected chi connectivity index (χ3v) is 3.42. The van der Waals surface area contributed by atoms with E-state index in [0.29, 0.717) is 23.7 Å². The Morgan fingerprint density at radius 1 is 0.920 bits per heavy atom. The second kappa shape index (κ2) is 9.32. The predicted octanol–water partition coefficient (Wildman–Crippen LogP) is 2.49. The van der Waals surface area contributed by atoms with Crippen molar-refractivity contribution in [2.75, 3.05) is 13.2 Å². The lowest BCUT2D eigenvalue weighted by molar-refractivity contribution is -0.123. The Kier molecular flexibility index (Phi) is 6.83. The minimum Gasteiger partial charge on any atom is -0.494 e. The van der Waals surface area contributed by atoms with Crippen LogP contribution in [0.4, 0.5) is 0 Å². The minimum absolute atomic E-state index is 0.184. The van der Waals surface area contributed by atoms with Crippen LogP contribution >= 0.6 is 0 Å². The molecule has 6 nitrogen and oxygen atoms in total. The van der Waals surface area contributed by atoms with Gasteiger partial charge in [-0.1, -0.05) is 19.1 Å². The van der Waals surface area contributed by atoms with E-state index < -0.39 is 11.8 Å². The highest BCUT2D eigenvalue weighted by atomic mass is 16.5. The van der Waals surface area contributed by atoms with Gasteiger partial charge in [-0.05, 0) is 55.3 Å². The number of rotatable bonds is 7. The molecule has 0 aliphatic carbocycles. The number of hydrogen-bond acceptors (Lipinski definition) is 4. The van der Waals surface area contributed by atoms with Gasteiger partial charge < -0.3 is 9.47 Å². The van der Waals surface area contributed by atoms with Gasteiger partial charge in [0.2, 0.25) is 0 Å². The number of hydrogen-bond donors (Lipinski definition) is 2. The Balaban J connectivity index is 1.77. The predicted molar refractivity (Wildman–Crippen MR) is 94.5 cm³/mol. The summed E-state index contributed by atoms with van der Waals surface area (Å²) in [4.78, 5) is 23.7. The van der Waals surface area contributed by atoms with Crippen LogP contribution in [0.5, 0.6) is 11.5 Å². The Morgan fingerprint density at radius 3 is 2.36 bits per heavy atom. The van der Waals surface area contributed by atoms with E-state index in [2.05, 4.69) is 10.9 Å². The fourth-order valence-corrected chi connectivity index (χ4v) is 2.11. The van der Waals surface area contributed by atoms with E-state index in [1.807, 2.05) is 32.0 Å². The van der Waals surface area contributed by atoms with Crippen molar-refractivity contribution in [2.24, 2.45) is 0 Å². The molecule has 2 N–H and O–H groups in total. The van der Waals surface area contributed by atoms with Crippen LogP contribution in [-0.4, -0.2) is 25.0 Å². The SMILES string of the molecule is CCOc1ccc(C(=O)NNC(=O)COc2cccc(CC)c2)cc1. The van der Waals surface area contributed by atoms with Crippen LogP contribution in [0.2, 0.25) is 0 Å². The van der Waals surface area contributed by atoms with E-state index in [9.17, 15) is 9.59 Å². The van der Waals surface area contributed by atoms with Crippen molar-refractivity contribution >= 4 is 11.8 Å². The number of aryl methyl sites for hydroxylation is 1. The third-order valence-electron chi connectivity index (χ3n) is 3.42. The van der Waals surface area contributed by atoms with E-state index in [0.717, 1.165) is 12.0 Å². The number of nitrogens with one attached hydrogen (secondary N) is 2. The summed E-state index contributed by atoms with van der Waals surface area (Å²) in [5, 5.41) is 0. The molecule has 0 heterocycles. The van der Waals surface area contributed by atoms with Crippen molar-refractivity contribution in [2.45, 2.75) is 20.3 Å². The summed E-state index contributed by atoms with van der Waals surface area (Å²) in [6, 6.07) is 14.2. The summed E-state index contributed by atoms with van der Waals surface area (Å²) in [5.41, 5.74) is 6.22. The van der Waals surface area contributed by atoms with E-state index in [1.165, 1.54) is 0 Å². The average Bonchev–Trinajstić information content (AvgIpc) is 2.65. The highest BCUT2D eigenvalue weighted by Crippen LogP contribution is 2.13. The standard InChI is InChI=1S/C19H22N2O4/c1-3-14-6-5-7-17(12-14)25-13-18(22)20-21-19(23)15-8-10-16(11-9-15)24-4-2/h5-12H,3-4,13H2,1-2H3,(H,20,22)(H,21,23). The van der Waals surface area contributed by atoms with Gasteiger partial charge in [-0.15, -0.1) is 0 Å². The van der Waals surface area contributed by atoms with Crippen molar-refractivity contribution in [1.82, 2.24) is 10.9 Å². The van der Waals surface area contributed by atoms with Gasteiger partial charge in [0.15, 0.2) is 6.61 Å². The van der Waals surface area contributed by atoms with Gasteiger partial charge in [0, 0.05) is 5.56 Å². The van der Waals surface area contributed by atoms with Gasteiger partial charge in [0.1, 0.15) is 11.5 Å². The van der Waals surface area contributed by atoms with Gasteiger partial charge in [-0.25, -0.2) is 0 Å². The Morgan fingerprint density at radius 2 is 1.68 bits per heavy atom. The number of amides is 2. The van der Waals surface area contributed by atoms with Crippen LogP contribution in [0.15, 0.2) is 48.5 Å². The summed E-state index contributed by atoms with van der Waals surface area (Å²) in [6.45, 7) is 4.30. The fraction of sp³-hybridized carbons (Fsp3) is 0.263. The highest BCUT2D eigenvalue weighted by Gasteiger charge is 2.08. The molecule has 0 aromatic heterocycles. The smallest absolute Gasteiger partial charge is 0.276 e. The maximum atomic E-state index is 12.0. The molecular formula is C19H22N2O4. The summed E-state index contributed by atoms with van der Waals surface area (Å²) in [6.07, 6.45) is 0.890. The zero-order valence-corrected chi connectivity index (χ0v) is 14.4. The minimum atomic E-state index is -0.443. The second-order valence-corrected chi connectivity index (χ2v) is 5.25. The molecule has 25 heavy (non-hydrogen) atoms. The maximum Gasteiger partial charge on any atom is 0.276 e. The van der Waals surface area contributed by atoms with Gasteiger partial charge in [-0.2, -0.15) is 0 Å². The molecule has 0 atom stereocenters. The Labute approximate surface area is 147 Å². The van der Waals surface area contributed by atoms with Crippen molar-refractivity contribution in [1.29, 1.82) is 0 Å². The molecule has 0 bridgehead atoms. The normalized spacial score (nSPS) is 10.0. The molecule has 2 aromatic rings. The highest BCUT2D eigenvalue weighted by molar-refractivity contribution is 5.95. The van der Waals surface area contributed by atoms with E-state index in [1.54, 1.807) is 30.3 Å². The fourth-order valence-electron chi connectivity index (χ4n) is 2.11. The summed E-state index contributed by atoms with van der Waals surface area (Å²) in [7, 11) is 0. The molecule has 0 aliphatic heterocycles. The van der Waals surface area contributed by atoms with E-state index in [-0.39, 0.29) is 6.61 Å².